The van der Waals surface area contributed by atoms with Crippen LogP contribution >= 0.6 is 0 Å². The molecule has 1 fully saturated rings. The van der Waals surface area contributed by atoms with Crippen LogP contribution in [0, 0.1) is 6.92 Å². The maximum atomic E-state index is 11.9. The molecule has 1 saturated heterocycles. The number of imidazole rings is 1. The molecule has 11 heteroatoms. The van der Waals surface area contributed by atoms with Crippen molar-refractivity contribution in [2.24, 2.45) is 0 Å². The summed E-state index contributed by atoms with van der Waals surface area (Å²) in [5.74, 6) is 1.20. The van der Waals surface area contributed by atoms with Gasteiger partial charge in [0, 0.05) is 18.5 Å². The van der Waals surface area contributed by atoms with Crippen LogP contribution in [0.5, 0.6) is 5.88 Å². The van der Waals surface area contributed by atoms with E-state index in [9.17, 15) is 8.42 Å². The zero-order valence-corrected chi connectivity index (χ0v) is 20.1. The number of aromatic nitrogens is 5. The number of hydrogen-bond donors (Lipinski definition) is 2. The Bertz CT molecular complexity index is 1450. The lowest BCUT2D eigenvalue weighted by Crippen LogP contribution is -2.41. The van der Waals surface area contributed by atoms with Gasteiger partial charge in [-0.2, -0.15) is 0 Å². The van der Waals surface area contributed by atoms with Crippen molar-refractivity contribution >= 4 is 37.8 Å². The van der Waals surface area contributed by atoms with Crippen LogP contribution in [0.15, 0.2) is 36.9 Å². The first-order chi connectivity index (χ1) is 16.3. The highest BCUT2D eigenvalue weighted by molar-refractivity contribution is 7.88. The number of nitrogens with zero attached hydrogens (tertiary/aromatic N) is 5. The summed E-state index contributed by atoms with van der Waals surface area (Å²) in [4.78, 5) is 20.7. The van der Waals surface area contributed by atoms with E-state index >= 15 is 0 Å². The molecule has 0 saturated carbocycles. The number of piperidine rings is 1. The summed E-state index contributed by atoms with van der Waals surface area (Å²) >= 11 is 0. The van der Waals surface area contributed by atoms with Gasteiger partial charge in [0.1, 0.15) is 17.9 Å². The Morgan fingerprint density at radius 3 is 2.76 bits per heavy atom. The summed E-state index contributed by atoms with van der Waals surface area (Å²) < 4.78 is 31.6. The highest BCUT2D eigenvalue weighted by Gasteiger charge is 2.27. The van der Waals surface area contributed by atoms with Gasteiger partial charge < -0.3 is 15.0 Å². The molecule has 0 spiro atoms. The lowest BCUT2D eigenvalue weighted by molar-refractivity contribution is 0.131. The quantitative estimate of drug-likeness (QED) is 0.430. The number of nitrogens with one attached hydrogen (secondary N) is 2. The molecule has 1 aliphatic rings. The van der Waals surface area contributed by atoms with Gasteiger partial charge in [0.05, 0.1) is 24.3 Å². The molecule has 10 nitrogen and oxygen atoms in total. The third-order valence-electron chi connectivity index (χ3n) is 6.22. The zero-order chi connectivity index (χ0) is 23.9. The lowest BCUT2D eigenvalue weighted by atomic mass is 10.0. The first-order valence-electron chi connectivity index (χ1n) is 11.2. The Kier molecular flexibility index (Phi) is 5.82. The molecular weight excluding hydrogens is 454 g/mol. The van der Waals surface area contributed by atoms with Gasteiger partial charge >= 0.3 is 0 Å². The standard InChI is InChI=1S/C23H27N7O3S/c1-14-5-4-6-16-11-18(15(2)28-22-20-21(25-12-24-20)26-13-27-22)29-23(19(14)16)33-17-7-9-30(10-8-17)34(3,31)32/h4-6,11-13,15,17H,7-10H2,1-3H3,(H2,24,25,26,27,28)/t15-/m0/s1. The molecule has 0 unspecified atom stereocenters. The highest BCUT2D eigenvalue weighted by Crippen LogP contribution is 2.32. The van der Waals surface area contributed by atoms with E-state index in [1.807, 2.05) is 26.0 Å². The van der Waals surface area contributed by atoms with Crippen LogP contribution in [0.3, 0.4) is 0 Å². The third-order valence-corrected chi connectivity index (χ3v) is 7.52. The topological polar surface area (TPSA) is 126 Å². The van der Waals surface area contributed by atoms with Gasteiger partial charge in [-0.1, -0.05) is 18.2 Å². The average Bonchev–Trinajstić information content (AvgIpc) is 3.29. The van der Waals surface area contributed by atoms with Crippen molar-refractivity contribution in [1.29, 1.82) is 0 Å². The van der Waals surface area contributed by atoms with E-state index in [0.29, 0.717) is 48.8 Å². The van der Waals surface area contributed by atoms with E-state index in [-0.39, 0.29) is 12.1 Å². The number of sulfonamides is 1. The van der Waals surface area contributed by atoms with Gasteiger partial charge in [-0.15, -0.1) is 0 Å². The Hall–Kier alpha value is -3.31. The van der Waals surface area contributed by atoms with E-state index < -0.39 is 10.0 Å². The molecule has 0 amide bonds. The normalized spacial score (nSPS) is 16.7. The minimum absolute atomic E-state index is 0.0997. The van der Waals surface area contributed by atoms with Gasteiger partial charge in [0.25, 0.3) is 0 Å². The fourth-order valence-corrected chi connectivity index (χ4v) is 5.24. The first kappa shape index (κ1) is 22.5. The molecule has 4 aromatic rings. The van der Waals surface area contributed by atoms with Gasteiger partial charge in [-0.25, -0.2) is 32.7 Å². The fourth-order valence-electron chi connectivity index (χ4n) is 4.36. The molecule has 2 N–H and O–H groups in total. The Morgan fingerprint density at radius 1 is 1.21 bits per heavy atom. The maximum Gasteiger partial charge on any atom is 0.222 e. The van der Waals surface area contributed by atoms with Crippen LogP contribution in [0.2, 0.25) is 0 Å². The third kappa shape index (κ3) is 4.40. The number of rotatable bonds is 6. The van der Waals surface area contributed by atoms with Crippen LogP contribution in [0.25, 0.3) is 21.9 Å². The molecule has 0 radical (unpaired) electrons. The van der Waals surface area contributed by atoms with Crippen LogP contribution in [0.1, 0.15) is 37.1 Å². The second-order valence-corrected chi connectivity index (χ2v) is 10.7. The Morgan fingerprint density at radius 2 is 2.00 bits per heavy atom. The van der Waals surface area contributed by atoms with Crippen molar-refractivity contribution in [2.75, 3.05) is 24.7 Å². The zero-order valence-electron chi connectivity index (χ0n) is 19.3. The number of H-pyrrole nitrogens is 1. The van der Waals surface area contributed by atoms with Gasteiger partial charge in [-0.3, -0.25) is 0 Å². The highest BCUT2D eigenvalue weighted by atomic mass is 32.2. The van der Waals surface area contributed by atoms with Crippen molar-refractivity contribution in [3.63, 3.8) is 0 Å². The number of aromatic amines is 1. The maximum absolute atomic E-state index is 11.9. The number of aryl methyl sites for hydroxylation is 1. The smallest absolute Gasteiger partial charge is 0.222 e. The van der Waals surface area contributed by atoms with E-state index in [1.54, 1.807) is 6.33 Å². The minimum atomic E-state index is -3.19. The SMILES string of the molecule is Cc1cccc2cc([C@H](C)Nc3ncnc4[nH]cnc34)nc(OC3CCN(S(C)(=O)=O)CC3)c12. The predicted octanol–water partition coefficient (Wildman–Crippen LogP) is 3.19. The number of hydrogen-bond acceptors (Lipinski definition) is 8. The first-order valence-corrected chi connectivity index (χ1v) is 13.1. The second-order valence-electron chi connectivity index (χ2n) is 8.69. The monoisotopic (exact) mass is 481 g/mol. The number of fused-ring (bicyclic) bond motifs is 2. The van der Waals surface area contributed by atoms with Crippen molar-refractivity contribution in [2.45, 2.75) is 38.8 Å². The lowest BCUT2D eigenvalue weighted by Gasteiger charge is -2.30. The van der Waals surface area contributed by atoms with Crippen LogP contribution in [-0.4, -0.2) is 63.1 Å². The Balaban J connectivity index is 1.44. The summed E-state index contributed by atoms with van der Waals surface area (Å²) in [6.07, 6.45) is 5.48. The minimum Gasteiger partial charge on any atom is -0.474 e. The van der Waals surface area contributed by atoms with Crippen molar-refractivity contribution in [3.8, 4) is 5.88 Å². The van der Waals surface area contributed by atoms with Crippen LogP contribution in [0.4, 0.5) is 5.82 Å². The summed E-state index contributed by atoms with van der Waals surface area (Å²) in [5, 5.41) is 5.40. The van der Waals surface area contributed by atoms with E-state index in [0.717, 1.165) is 22.0 Å². The largest absolute Gasteiger partial charge is 0.474 e. The molecule has 0 bridgehead atoms. The fraction of sp³-hybridized carbons (Fsp3) is 0.391. The van der Waals surface area contributed by atoms with Crippen LogP contribution < -0.4 is 10.1 Å². The predicted molar refractivity (Wildman–Crippen MR) is 130 cm³/mol. The molecule has 178 valence electrons. The van der Waals surface area contributed by atoms with E-state index in [2.05, 4.69) is 37.4 Å². The molecule has 3 aromatic heterocycles. The number of ether oxygens (including phenoxy) is 1. The molecule has 1 aliphatic heterocycles. The summed E-state index contributed by atoms with van der Waals surface area (Å²) in [6, 6.07) is 8.00. The van der Waals surface area contributed by atoms with Crippen molar-refractivity contribution < 1.29 is 13.2 Å². The van der Waals surface area contributed by atoms with Gasteiger partial charge in [0.15, 0.2) is 11.5 Å². The average molecular weight is 482 g/mol. The molecule has 34 heavy (non-hydrogen) atoms. The van der Waals surface area contributed by atoms with Gasteiger partial charge in [0.2, 0.25) is 15.9 Å². The van der Waals surface area contributed by atoms with Crippen molar-refractivity contribution in [3.05, 3.63) is 48.2 Å². The molecule has 1 aromatic carbocycles. The Labute approximate surface area is 197 Å². The summed E-state index contributed by atoms with van der Waals surface area (Å²) in [5.41, 5.74) is 3.22. The van der Waals surface area contributed by atoms with Crippen LogP contribution in [-0.2, 0) is 10.0 Å². The molecule has 5 rings (SSSR count). The van der Waals surface area contributed by atoms with Gasteiger partial charge in [-0.05, 0) is 43.7 Å². The molecule has 1 atom stereocenters. The van der Waals surface area contributed by atoms with E-state index in [1.165, 1.54) is 16.9 Å². The molecule has 4 heterocycles. The number of anilines is 1. The summed E-state index contributed by atoms with van der Waals surface area (Å²) in [6.45, 7) is 4.95. The van der Waals surface area contributed by atoms with Crippen molar-refractivity contribution in [1.82, 2.24) is 29.2 Å². The van der Waals surface area contributed by atoms with E-state index in [4.69, 9.17) is 9.72 Å². The second kappa shape index (κ2) is 8.80. The molecule has 0 aliphatic carbocycles. The number of benzene rings is 1. The number of pyridine rings is 1. The molecular formula is C23H27N7O3S. The summed E-state index contributed by atoms with van der Waals surface area (Å²) in [7, 11) is -3.19.